The van der Waals surface area contributed by atoms with Crippen LogP contribution in [0.5, 0.6) is 0 Å². The summed E-state index contributed by atoms with van der Waals surface area (Å²) in [5.41, 5.74) is 2.51. The number of aromatic nitrogens is 2. The predicted molar refractivity (Wildman–Crippen MR) is 94.6 cm³/mol. The van der Waals surface area contributed by atoms with Crippen LogP contribution < -0.4 is 10.2 Å². The second-order valence-corrected chi connectivity index (χ2v) is 7.17. The minimum Gasteiger partial charge on any atom is -0.423 e. The highest BCUT2D eigenvalue weighted by atomic mass is 32.1. The van der Waals surface area contributed by atoms with E-state index in [-0.39, 0.29) is 11.9 Å². The van der Waals surface area contributed by atoms with Gasteiger partial charge in [0.25, 0.3) is 6.01 Å². The molecule has 0 radical (unpaired) electrons. The molecule has 0 unspecified atom stereocenters. The third-order valence-electron chi connectivity index (χ3n) is 4.34. The average Bonchev–Trinajstić information content (AvgIpc) is 3.26. The van der Waals surface area contributed by atoms with Crippen LogP contribution in [0.4, 0.5) is 11.1 Å². The van der Waals surface area contributed by atoms with E-state index in [0.29, 0.717) is 11.1 Å². The SMILES string of the molecule is Cc1nc(NC(=O)[C@H]2CCCN2c2nc3ccccc3o2)sc1C. The molecule has 6 nitrogen and oxygen atoms in total. The number of thiazole rings is 1. The Morgan fingerprint density at radius 3 is 2.92 bits per heavy atom. The Morgan fingerprint density at radius 1 is 1.33 bits per heavy atom. The minimum atomic E-state index is -0.275. The van der Waals surface area contributed by atoms with Gasteiger partial charge < -0.3 is 14.6 Å². The van der Waals surface area contributed by atoms with Crippen LogP contribution >= 0.6 is 11.3 Å². The average molecular weight is 342 g/mol. The number of oxazole rings is 1. The first-order valence-corrected chi connectivity index (χ1v) is 8.80. The van der Waals surface area contributed by atoms with Crippen molar-refractivity contribution in [2.45, 2.75) is 32.7 Å². The largest absolute Gasteiger partial charge is 0.423 e. The zero-order chi connectivity index (χ0) is 16.7. The molecule has 24 heavy (non-hydrogen) atoms. The third kappa shape index (κ3) is 2.65. The van der Waals surface area contributed by atoms with Crippen molar-refractivity contribution in [3.8, 4) is 0 Å². The summed E-state index contributed by atoms with van der Waals surface area (Å²) in [7, 11) is 0. The molecule has 1 fully saturated rings. The molecule has 1 aliphatic rings. The molecule has 0 spiro atoms. The lowest BCUT2D eigenvalue weighted by atomic mass is 10.2. The molecule has 0 aliphatic carbocycles. The summed E-state index contributed by atoms with van der Waals surface area (Å²) in [5, 5.41) is 3.59. The summed E-state index contributed by atoms with van der Waals surface area (Å²) < 4.78 is 5.83. The van der Waals surface area contributed by atoms with E-state index in [1.807, 2.05) is 43.0 Å². The molecule has 3 aromatic rings. The van der Waals surface area contributed by atoms with E-state index in [0.717, 1.165) is 41.1 Å². The van der Waals surface area contributed by atoms with Crippen molar-refractivity contribution >= 4 is 39.5 Å². The quantitative estimate of drug-likeness (QED) is 0.789. The van der Waals surface area contributed by atoms with Crippen molar-refractivity contribution in [2.75, 3.05) is 16.8 Å². The molecule has 1 amide bonds. The maximum Gasteiger partial charge on any atom is 0.299 e. The lowest BCUT2D eigenvalue weighted by Crippen LogP contribution is -2.39. The van der Waals surface area contributed by atoms with E-state index < -0.39 is 0 Å². The van der Waals surface area contributed by atoms with E-state index in [4.69, 9.17) is 4.42 Å². The first-order valence-electron chi connectivity index (χ1n) is 7.99. The Morgan fingerprint density at radius 2 is 2.17 bits per heavy atom. The van der Waals surface area contributed by atoms with E-state index in [9.17, 15) is 4.79 Å². The maximum absolute atomic E-state index is 12.7. The van der Waals surface area contributed by atoms with Gasteiger partial charge in [-0.25, -0.2) is 4.98 Å². The number of hydrogen-bond donors (Lipinski definition) is 1. The Kier molecular flexibility index (Phi) is 3.72. The summed E-state index contributed by atoms with van der Waals surface area (Å²) >= 11 is 1.50. The molecule has 2 aromatic heterocycles. The molecule has 7 heteroatoms. The zero-order valence-electron chi connectivity index (χ0n) is 13.6. The van der Waals surface area contributed by atoms with E-state index in [2.05, 4.69) is 15.3 Å². The molecule has 124 valence electrons. The normalized spacial score (nSPS) is 17.6. The highest BCUT2D eigenvalue weighted by molar-refractivity contribution is 7.15. The van der Waals surface area contributed by atoms with Crippen molar-refractivity contribution in [3.63, 3.8) is 0 Å². The molecular formula is C17H18N4O2S. The van der Waals surface area contributed by atoms with Crippen molar-refractivity contribution in [3.05, 3.63) is 34.8 Å². The summed E-state index contributed by atoms with van der Waals surface area (Å²) in [5.74, 6) is -0.0523. The van der Waals surface area contributed by atoms with Crippen LogP contribution in [0.15, 0.2) is 28.7 Å². The number of carbonyl (C=O) groups is 1. The summed E-state index contributed by atoms with van der Waals surface area (Å²) in [6.45, 7) is 4.71. The van der Waals surface area contributed by atoms with Crippen molar-refractivity contribution < 1.29 is 9.21 Å². The second-order valence-electron chi connectivity index (χ2n) is 5.97. The fraction of sp³-hybridized carbons (Fsp3) is 0.353. The standard InChI is InChI=1S/C17H18N4O2S/c1-10-11(2)24-16(18-10)20-15(22)13-7-5-9-21(13)17-19-12-6-3-4-8-14(12)23-17/h3-4,6,8,13H,5,7,9H2,1-2H3,(H,18,20,22)/t13-/m1/s1. The number of amides is 1. The predicted octanol–water partition coefficient (Wildman–Crippen LogP) is 3.51. The first-order chi connectivity index (χ1) is 11.6. The van der Waals surface area contributed by atoms with Crippen molar-refractivity contribution in [1.82, 2.24) is 9.97 Å². The molecule has 1 aliphatic heterocycles. The summed E-state index contributed by atoms with van der Waals surface area (Å²) in [6, 6.07) is 7.88. The molecule has 0 bridgehead atoms. The van der Waals surface area contributed by atoms with Crippen LogP contribution in [-0.4, -0.2) is 28.5 Å². The Hall–Kier alpha value is -2.41. The monoisotopic (exact) mass is 342 g/mol. The smallest absolute Gasteiger partial charge is 0.299 e. The van der Waals surface area contributed by atoms with Gasteiger partial charge in [0, 0.05) is 11.4 Å². The molecule has 1 aromatic carbocycles. The van der Waals surface area contributed by atoms with Crippen molar-refractivity contribution in [1.29, 1.82) is 0 Å². The van der Waals surface area contributed by atoms with Gasteiger partial charge in [-0.1, -0.05) is 12.1 Å². The van der Waals surface area contributed by atoms with Gasteiger partial charge in [0.1, 0.15) is 11.6 Å². The van der Waals surface area contributed by atoms with Crippen LogP contribution in [-0.2, 0) is 4.79 Å². The topological polar surface area (TPSA) is 71.3 Å². The number of fused-ring (bicyclic) bond motifs is 1. The number of para-hydroxylation sites is 2. The third-order valence-corrected chi connectivity index (χ3v) is 5.33. The van der Waals surface area contributed by atoms with Crippen LogP contribution in [0.3, 0.4) is 0 Å². The maximum atomic E-state index is 12.7. The van der Waals surface area contributed by atoms with E-state index in [1.54, 1.807) is 0 Å². The van der Waals surface area contributed by atoms with Crippen molar-refractivity contribution in [2.24, 2.45) is 0 Å². The zero-order valence-corrected chi connectivity index (χ0v) is 14.4. The molecule has 4 rings (SSSR count). The summed E-state index contributed by atoms with van der Waals surface area (Å²) in [6.07, 6.45) is 1.72. The van der Waals surface area contributed by atoms with Crippen LogP contribution in [0.25, 0.3) is 11.1 Å². The van der Waals surface area contributed by atoms with Gasteiger partial charge in [-0.15, -0.1) is 11.3 Å². The molecule has 1 saturated heterocycles. The molecule has 1 N–H and O–H groups in total. The number of benzene rings is 1. The summed E-state index contributed by atoms with van der Waals surface area (Å²) in [4.78, 5) is 24.6. The van der Waals surface area contributed by atoms with Crippen LogP contribution in [0.1, 0.15) is 23.4 Å². The lowest BCUT2D eigenvalue weighted by molar-refractivity contribution is -0.117. The fourth-order valence-corrected chi connectivity index (χ4v) is 3.78. The van der Waals surface area contributed by atoms with Gasteiger partial charge in [-0.3, -0.25) is 4.79 Å². The number of nitrogens with zero attached hydrogens (tertiary/aromatic N) is 3. The molecule has 1 atom stereocenters. The molecular weight excluding hydrogens is 324 g/mol. The Balaban J connectivity index is 1.56. The lowest BCUT2D eigenvalue weighted by Gasteiger charge is -2.21. The van der Waals surface area contributed by atoms with Gasteiger partial charge in [-0.05, 0) is 38.8 Å². The van der Waals surface area contributed by atoms with Gasteiger partial charge >= 0.3 is 0 Å². The van der Waals surface area contributed by atoms with E-state index >= 15 is 0 Å². The highest BCUT2D eigenvalue weighted by Gasteiger charge is 2.34. The number of rotatable bonds is 3. The number of aryl methyl sites for hydroxylation is 2. The molecule has 3 heterocycles. The highest BCUT2D eigenvalue weighted by Crippen LogP contribution is 2.29. The fourth-order valence-electron chi connectivity index (χ4n) is 2.97. The van der Waals surface area contributed by atoms with Crippen LogP contribution in [0.2, 0.25) is 0 Å². The Bertz CT molecular complexity index is 849. The number of carbonyl (C=O) groups excluding carboxylic acids is 1. The number of nitrogens with one attached hydrogen (secondary N) is 1. The molecule has 0 saturated carbocycles. The van der Waals surface area contributed by atoms with E-state index in [1.165, 1.54) is 11.3 Å². The number of anilines is 2. The minimum absolute atomic E-state index is 0.0523. The van der Waals surface area contributed by atoms with Gasteiger partial charge in [0.15, 0.2) is 10.7 Å². The first kappa shape index (κ1) is 15.1. The van der Waals surface area contributed by atoms with Crippen LogP contribution in [0, 0.1) is 13.8 Å². The number of hydrogen-bond acceptors (Lipinski definition) is 6. The Labute approximate surface area is 143 Å². The van der Waals surface area contributed by atoms with Gasteiger partial charge in [0.2, 0.25) is 5.91 Å². The van der Waals surface area contributed by atoms with Gasteiger partial charge in [-0.2, -0.15) is 4.98 Å². The second kappa shape index (κ2) is 5.90. The van der Waals surface area contributed by atoms with Gasteiger partial charge in [0.05, 0.1) is 5.69 Å².